The van der Waals surface area contributed by atoms with Gasteiger partial charge in [0.05, 0.1) is 6.10 Å². The van der Waals surface area contributed by atoms with Crippen LogP contribution in [0.2, 0.25) is 0 Å². The summed E-state index contributed by atoms with van der Waals surface area (Å²) in [5.41, 5.74) is 2.81. The van der Waals surface area contributed by atoms with Gasteiger partial charge in [-0.05, 0) is 94.4 Å². The number of benzene rings is 1. The lowest BCUT2D eigenvalue weighted by Crippen LogP contribution is -2.60. The van der Waals surface area contributed by atoms with Crippen LogP contribution in [0.1, 0.15) is 68.9 Å². The Labute approximate surface area is 170 Å². The van der Waals surface area contributed by atoms with Crippen molar-refractivity contribution < 1.29 is 14.5 Å². The number of methoxy groups -OCH3 is 1. The number of ether oxygens (including phenoxy) is 1. The van der Waals surface area contributed by atoms with E-state index in [9.17, 15) is 0 Å². The molecule has 0 amide bonds. The highest BCUT2D eigenvalue weighted by molar-refractivity contribution is 5.21. The molecule has 5 aliphatic rings. The van der Waals surface area contributed by atoms with Gasteiger partial charge in [-0.1, -0.05) is 29.8 Å². The molecule has 0 unspecified atom stereocenters. The summed E-state index contributed by atoms with van der Waals surface area (Å²) in [6.07, 6.45) is 12.6. The van der Waals surface area contributed by atoms with Gasteiger partial charge in [0, 0.05) is 18.9 Å². The van der Waals surface area contributed by atoms with Crippen LogP contribution in [0, 0.1) is 36.5 Å². The molecule has 0 N–H and O–H groups in total. The van der Waals surface area contributed by atoms with E-state index in [1.165, 1.54) is 62.5 Å². The molecule has 0 radical (unpaired) electrons. The highest BCUT2D eigenvalue weighted by atomic mass is 17.2. The molecule has 5 fully saturated rings. The van der Waals surface area contributed by atoms with Gasteiger partial charge < -0.3 is 4.74 Å². The number of hydrogen-bond acceptors (Lipinski definition) is 3. The van der Waals surface area contributed by atoms with E-state index < -0.39 is 5.79 Å². The lowest BCUT2D eigenvalue weighted by atomic mass is 9.53. The third-order valence-electron chi connectivity index (χ3n) is 8.35. The first-order valence-electron chi connectivity index (χ1n) is 11.6. The summed E-state index contributed by atoms with van der Waals surface area (Å²) in [4.78, 5) is 12.3. The minimum Gasteiger partial charge on any atom is -0.350 e. The topological polar surface area (TPSA) is 27.7 Å². The fourth-order valence-electron chi connectivity index (χ4n) is 6.98. The van der Waals surface area contributed by atoms with Crippen molar-refractivity contribution in [2.75, 3.05) is 7.11 Å². The van der Waals surface area contributed by atoms with Gasteiger partial charge in [0.15, 0.2) is 0 Å². The molecular formula is C25H36O3. The summed E-state index contributed by atoms with van der Waals surface area (Å²) in [7, 11) is 1.84. The van der Waals surface area contributed by atoms with Gasteiger partial charge in [-0.3, -0.25) is 0 Å². The van der Waals surface area contributed by atoms with Crippen molar-refractivity contribution in [1.82, 2.24) is 0 Å². The molecule has 4 bridgehead atoms. The molecule has 3 heteroatoms. The predicted octanol–water partition coefficient (Wildman–Crippen LogP) is 5.84. The molecule has 5 aliphatic carbocycles. The maximum absolute atomic E-state index is 6.24. The van der Waals surface area contributed by atoms with Crippen molar-refractivity contribution >= 4 is 0 Å². The average Bonchev–Trinajstić information content (AvgIpc) is 2.70. The summed E-state index contributed by atoms with van der Waals surface area (Å²) in [6.45, 7) is 2.16. The number of aryl methyl sites for hydroxylation is 1. The Hall–Kier alpha value is -0.900. The Morgan fingerprint density at radius 1 is 0.857 bits per heavy atom. The zero-order valence-corrected chi connectivity index (χ0v) is 17.6. The van der Waals surface area contributed by atoms with Crippen molar-refractivity contribution in [3.05, 3.63) is 35.4 Å². The zero-order chi connectivity index (χ0) is 19.1. The minimum atomic E-state index is -0.466. The average molecular weight is 385 g/mol. The molecule has 0 aromatic heterocycles. The molecule has 6 rings (SSSR count). The highest BCUT2D eigenvalue weighted by Gasteiger charge is 2.60. The van der Waals surface area contributed by atoms with Gasteiger partial charge in [-0.2, -0.15) is 0 Å². The second-order valence-electron chi connectivity index (χ2n) is 10.2. The van der Waals surface area contributed by atoms with Gasteiger partial charge in [0.2, 0.25) is 5.79 Å². The SMILES string of the molecule is COC1(OO[C@H]2CC[C@@H](Cc3ccc(C)cc3)CC2)C2CC3CC(C2)CC1C3. The smallest absolute Gasteiger partial charge is 0.207 e. The van der Waals surface area contributed by atoms with E-state index in [2.05, 4.69) is 31.2 Å². The molecule has 1 aromatic carbocycles. The molecule has 154 valence electrons. The number of rotatable bonds is 6. The molecule has 0 atom stereocenters. The lowest BCUT2D eigenvalue weighted by Gasteiger charge is -2.58. The standard InChI is InChI=1S/C25H36O3/c1-17-3-5-18(6-4-17)11-19-7-9-24(10-8-19)27-28-25(26-2)22-13-20-12-21(15-22)16-23(25)14-20/h3-6,19-24H,7-16H2,1-2H3/t19-,20?,21?,22?,23?,24+,25?. The Morgan fingerprint density at radius 3 is 2.04 bits per heavy atom. The van der Waals surface area contributed by atoms with Crippen molar-refractivity contribution in [3.63, 3.8) is 0 Å². The molecule has 0 aliphatic heterocycles. The first-order valence-corrected chi connectivity index (χ1v) is 11.6. The zero-order valence-electron chi connectivity index (χ0n) is 17.6. The Kier molecular flexibility index (Phi) is 5.27. The second kappa shape index (κ2) is 7.74. The van der Waals surface area contributed by atoms with Crippen molar-refractivity contribution in [2.24, 2.45) is 29.6 Å². The van der Waals surface area contributed by atoms with Gasteiger partial charge in [0.25, 0.3) is 0 Å². The molecular weight excluding hydrogens is 348 g/mol. The van der Waals surface area contributed by atoms with E-state index in [4.69, 9.17) is 14.5 Å². The van der Waals surface area contributed by atoms with Crippen LogP contribution in [-0.2, 0) is 20.9 Å². The Bertz CT molecular complexity index is 631. The minimum absolute atomic E-state index is 0.235. The number of hydrogen-bond donors (Lipinski definition) is 0. The highest BCUT2D eigenvalue weighted by Crippen LogP contribution is 2.60. The van der Waals surface area contributed by atoms with Crippen LogP contribution >= 0.6 is 0 Å². The lowest BCUT2D eigenvalue weighted by molar-refractivity contribution is -0.485. The van der Waals surface area contributed by atoms with E-state index in [1.54, 1.807) is 0 Å². The molecule has 0 saturated heterocycles. The molecule has 3 nitrogen and oxygen atoms in total. The first kappa shape index (κ1) is 19.1. The van der Waals surface area contributed by atoms with Crippen LogP contribution in [0.5, 0.6) is 0 Å². The van der Waals surface area contributed by atoms with Gasteiger partial charge in [-0.25, -0.2) is 9.78 Å². The van der Waals surface area contributed by atoms with Crippen LogP contribution in [0.4, 0.5) is 0 Å². The van der Waals surface area contributed by atoms with E-state index in [1.807, 2.05) is 7.11 Å². The van der Waals surface area contributed by atoms with Crippen molar-refractivity contribution in [1.29, 1.82) is 0 Å². The van der Waals surface area contributed by atoms with E-state index in [-0.39, 0.29) is 6.10 Å². The van der Waals surface area contributed by atoms with E-state index in [0.717, 1.165) is 30.6 Å². The van der Waals surface area contributed by atoms with Gasteiger partial charge in [0.1, 0.15) is 0 Å². The quantitative estimate of drug-likeness (QED) is 0.350. The Balaban J connectivity index is 1.13. The summed E-state index contributed by atoms with van der Waals surface area (Å²) < 4.78 is 6.07. The normalized spacial score (nSPS) is 42.1. The van der Waals surface area contributed by atoms with Gasteiger partial charge >= 0.3 is 0 Å². The fraction of sp³-hybridized carbons (Fsp3) is 0.760. The van der Waals surface area contributed by atoms with Crippen LogP contribution in [0.15, 0.2) is 24.3 Å². The summed E-state index contributed by atoms with van der Waals surface area (Å²) in [5, 5.41) is 0. The molecule has 28 heavy (non-hydrogen) atoms. The summed E-state index contributed by atoms with van der Waals surface area (Å²) in [5.74, 6) is 3.20. The maximum Gasteiger partial charge on any atom is 0.207 e. The first-order chi connectivity index (χ1) is 13.6. The largest absolute Gasteiger partial charge is 0.350 e. The predicted molar refractivity (Wildman–Crippen MR) is 110 cm³/mol. The summed E-state index contributed by atoms with van der Waals surface area (Å²) >= 11 is 0. The Morgan fingerprint density at radius 2 is 1.46 bits per heavy atom. The van der Waals surface area contributed by atoms with Crippen LogP contribution in [0.25, 0.3) is 0 Å². The second-order valence-corrected chi connectivity index (χ2v) is 10.2. The molecule has 1 aromatic rings. The van der Waals surface area contributed by atoms with E-state index >= 15 is 0 Å². The summed E-state index contributed by atoms with van der Waals surface area (Å²) in [6, 6.07) is 9.03. The molecule has 5 saturated carbocycles. The van der Waals surface area contributed by atoms with Gasteiger partial charge in [-0.15, -0.1) is 0 Å². The van der Waals surface area contributed by atoms with Crippen LogP contribution < -0.4 is 0 Å². The van der Waals surface area contributed by atoms with Crippen LogP contribution in [-0.4, -0.2) is 19.0 Å². The third-order valence-corrected chi connectivity index (χ3v) is 8.35. The van der Waals surface area contributed by atoms with Crippen LogP contribution in [0.3, 0.4) is 0 Å². The fourth-order valence-corrected chi connectivity index (χ4v) is 6.98. The molecule has 0 spiro atoms. The van der Waals surface area contributed by atoms with E-state index in [0.29, 0.717) is 11.8 Å². The third kappa shape index (κ3) is 3.55. The molecule has 0 heterocycles. The maximum atomic E-state index is 6.24. The van der Waals surface area contributed by atoms with Crippen molar-refractivity contribution in [2.45, 2.75) is 83.0 Å². The van der Waals surface area contributed by atoms with Crippen molar-refractivity contribution in [3.8, 4) is 0 Å². The monoisotopic (exact) mass is 384 g/mol.